The molecule has 1 unspecified atom stereocenters. The van der Waals surface area contributed by atoms with Crippen LogP contribution in [-0.2, 0) is 16.0 Å². The Hall–Kier alpha value is -2.60. The van der Waals surface area contributed by atoms with Crippen LogP contribution < -0.4 is 15.5 Å². The van der Waals surface area contributed by atoms with Gasteiger partial charge in [-0.1, -0.05) is 55.8 Å². The molecule has 2 amide bonds. The molecule has 2 N–H and O–H groups in total. The van der Waals surface area contributed by atoms with Gasteiger partial charge in [0.1, 0.15) is 11.9 Å². The van der Waals surface area contributed by atoms with Crippen molar-refractivity contribution in [3.05, 3.63) is 64.4 Å². The first kappa shape index (κ1) is 25.5. The minimum absolute atomic E-state index is 0.134. The van der Waals surface area contributed by atoms with Crippen molar-refractivity contribution < 1.29 is 14.0 Å². The van der Waals surface area contributed by atoms with Crippen LogP contribution in [0.3, 0.4) is 0 Å². The maximum absolute atomic E-state index is 13.5. The number of rotatable bonds is 9. The monoisotopic (exact) mass is 499 g/mol. The third kappa shape index (κ3) is 6.75. The number of carbonyl (C=O) groups excluding carboxylic acids is 2. The van der Waals surface area contributed by atoms with E-state index < -0.39 is 6.04 Å². The first-order valence-corrected chi connectivity index (χ1v) is 13.2. The highest BCUT2D eigenvalue weighted by Gasteiger charge is 2.28. The molecule has 0 radical (unpaired) electrons. The molecule has 1 aliphatic heterocycles. The highest BCUT2D eigenvalue weighted by Crippen LogP contribution is 2.29. The van der Waals surface area contributed by atoms with Crippen molar-refractivity contribution in [2.45, 2.75) is 63.8 Å². The lowest BCUT2D eigenvalue weighted by atomic mass is 9.84. The van der Waals surface area contributed by atoms with Gasteiger partial charge in [-0.2, -0.15) is 0 Å². The zero-order valence-corrected chi connectivity index (χ0v) is 21.1. The van der Waals surface area contributed by atoms with Crippen molar-refractivity contribution in [2.24, 2.45) is 5.92 Å². The Bertz CT molecular complexity index is 1020. The molecule has 2 aromatic carbocycles. The van der Waals surface area contributed by atoms with E-state index >= 15 is 0 Å². The number of anilines is 1. The van der Waals surface area contributed by atoms with E-state index in [0.717, 1.165) is 42.6 Å². The third-order valence-corrected chi connectivity index (χ3v) is 7.66. The number of hydrogen-bond acceptors (Lipinski definition) is 3. The van der Waals surface area contributed by atoms with Gasteiger partial charge < -0.3 is 15.5 Å². The highest BCUT2D eigenvalue weighted by atomic mass is 35.5. The molecule has 5 nitrogen and oxygen atoms in total. The molecule has 0 aromatic heterocycles. The summed E-state index contributed by atoms with van der Waals surface area (Å²) in [6.07, 6.45) is 7.29. The number of fused-ring (bicyclic) bond motifs is 1. The smallest absolute Gasteiger partial charge is 0.242 e. The average molecular weight is 500 g/mol. The second-order valence-corrected chi connectivity index (χ2v) is 10.3. The fourth-order valence-electron chi connectivity index (χ4n) is 5.30. The number of halogens is 2. The predicted molar refractivity (Wildman–Crippen MR) is 138 cm³/mol. The first-order valence-electron chi connectivity index (χ1n) is 12.8. The van der Waals surface area contributed by atoms with E-state index in [2.05, 4.69) is 15.5 Å². The summed E-state index contributed by atoms with van der Waals surface area (Å²) in [6.45, 7) is 3.78. The molecule has 4 rings (SSSR count). The molecule has 0 spiro atoms. The molecule has 1 saturated carbocycles. The summed E-state index contributed by atoms with van der Waals surface area (Å²) >= 11 is 5.99. The Kier molecular flexibility index (Phi) is 8.66. The molecule has 2 atom stereocenters. The molecule has 2 aliphatic rings. The normalized spacial score (nSPS) is 17.5. The van der Waals surface area contributed by atoms with Crippen LogP contribution in [0.5, 0.6) is 0 Å². The van der Waals surface area contributed by atoms with Gasteiger partial charge in [0.05, 0.1) is 5.92 Å². The van der Waals surface area contributed by atoms with E-state index in [0.29, 0.717) is 30.5 Å². The molecule has 188 valence electrons. The van der Waals surface area contributed by atoms with Crippen molar-refractivity contribution >= 4 is 29.1 Å². The second kappa shape index (κ2) is 11.9. The third-order valence-electron chi connectivity index (χ3n) is 7.40. The number of nitrogens with zero attached hydrogens (tertiary/aromatic N) is 1. The van der Waals surface area contributed by atoms with Gasteiger partial charge in [0, 0.05) is 30.3 Å². The van der Waals surface area contributed by atoms with Crippen LogP contribution >= 0.6 is 11.6 Å². The molecule has 1 aliphatic carbocycles. The van der Waals surface area contributed by atoms with Gasteiger partial charge in [-0.15, -0.1) is 0 Å². The van der Waals surface area contributed by atoms with Gasteiger partial charge in [-0.05, 0) is 67.1 Å². The number of hydrogen-bond donors (Lipinski definition) is 2. The van der Waals surface area contributed by atoms with Crippen molar-refractivity contribution in [3.63, 3.8) is 0 Å². The topological polar surface area (TPSA) is 61.4 Å². The summed E-state index contributed by atoms with van der Waals surface area (Å²) in [7, 11) is 0. The van der Waals surface area contributed by atoms with Gasteiger partial charge in [-0.3, -0.25) is 9.59 Å². The second-order valence-electron chi connectivity index (χ2n) is 9.88. The zero-order chi connectivity index (χ0) is 24.8. The van der Waals surface area contributed by atoms with E-state index in [-0.39, 0.29) is 23.5 Å². The summed E-state index contributed by atoms with van der Waals surface area (Å²) in [6, 6.07) is 11.6. The maximum Gasteiger partial charge on any atom is 0.242 e. The molecule has 1 heterocycles. The molecule has 0 bridgehead atoms. The molecule has 1 fully saturated rings. The van der Waals surface area contributed by atoms with Crippen LogP contribution in [-0.4, -0.2) is 37.5 Å². The van der Waals surface area contributed by atoms with Gasteiger partial charge in [0.15, 0.2) is 0 Å². The van der Waals surface area contributed by atoms with Crippen LogP contribution in [0.15, 0.2) is 42.5 Å². The number of amides is 2. The van der Waals surface area contributed by atoms with E-state index in [4.69, 9.17) is 11.6 Å². The summed E-state index contributed by atoms with van der Waals surface area (Å²) in [4.78, 5) is 28.5. The average Bonchev–Trinajstić information content (AvgIpc) is 3.26. The van der Waals surface area contributed by atoms with Crippen LogP contribution in [0.1, 0.15) is 62.5 Å². The van der Waals surface area contributed by atoms with Gasteiger partial charge in [0.2, 0.25) is 11.8 Å². The lowest BCUT2D eigenvalue weighted by Gasteiger charge is -2.28. The van der Waals surface area contributed by atoms with E-state index in [1.807, 2.05) is 25.1 Å². The molecule has 7 heteroatoms. The van der Waals surface area contributed by atoms with Crippen LogP contribution in [0.25, 0.3) is 0 Å². The van der Waals surface area contributed by atoms with Gasteiger partial charge in [0.25, 0.3) is 0 Å². The standard InChI is InChI=1S/C28H35ClFN3O2/c1-19(21-7-9-23(29)10-8-21)27(34)32-25(17-20-5-3-2-4-6-20)28(35)31-14-16-33-15-13-22-18-24(30)11-12-26(22)33/h7-12,18-20,25H,2-6,13-17H2,1H3,(H,31,35)(H,32,34)/t19?,25-/m0/s1. The van der Waals surface area contributed by atoms with E-state index in [1.165, 1.54) is 25.3 Å². The lowest BCUT2D eigenvalue weighted by molar-refractivity contribution is -0.130. The SMILES string of the molecule is CC(C(=O)N[C@@H](CC1CCCCC1)C(=O)NCCN1CCc2cc(F)ccc21)c1ccc(Cl)cc1. The van der Waals surface area contributed by atoms with Crippen LogP contribution in [0.2, 0.25) is 5.02 Å². The van der Waals surface area contributed by atoms with E-state index in [1.54, 1.807) is 18.2 Å². The Balaban J connectivity index is 1.35. The molecular formula is C28H35ClFN3O2. The Morgan fingerprint density at radius 3 is 2.57 bits per heavy atom. The number of benzene rings is 2. The molecule has 35 heavy (non-hydrogen) atoms. The number of nitrogens with one attached hydrogen (secondary N) is 2. The first-order chi connectivity index (χ1) is 16.9. The number of carbonyl (C=O) groups is 2. The van der Waals surface area contributed by atoms with Crippen molar-refractivity contribution in [1.29, 1.82) is 0 Å². The Morgan fingerprint density at radius 1 is 1.09 bits per heavy atom. The summed E-state index contributed by atoms with van der Waals surface area (Å²) < 4.78 is 13.5. The zero-order valence-electron chi connectivity index (χ0n) is 20.4. The maximum atomic E-state index is 13.5. The van der Waals surface area contributed by atoms with Gasteiger partial charge >= 0.3 is 0 Å². The Morgan fingerprint density at radius 2 is 1.83 bits per heavy atom. The quantitative estimate of drug-likeness (QED) is 0.497. The fourth-order valence-corrected chi connectivity index (χ4v) is 5.42. The van der Waals surface area contributed by atoms with Crippen molar-refractivity contribution in [3.8, 4) is 0 Å². The summed E-state index contributed by atoms with van der Waals surface area (Å²) in [5, 5.41) is 6.71. The minimum Gasteiger partial charge on any atom is -0.369 e. The van der Waals surface area contributed by atoms with Crippen molar-refractivity contribution in [2.75, 3.05) is 24.5 Å². The fraction of sp³-hybridized carbons (Fsp3) is 0.500. The largest absolute Gasteiger partial charge is 0.369 e. The summed E-state index contributed by atoms with van der Waals surface area (Å²) in [5.74, 6) is -0.432. The molecule has 0 saturated heterocycles. The molecular weight excluding hydrogens is 465 g/mol. The predicted octanol–water partition coefficient (Wildman–Crippen LogP) is 5.22. The summed E-state index contributed by atoms with van der Waals surface area (Å²) in [5.41, 5.74) is 2.91. The minimum atomic E-state index is -0.555. The van der Waals surface area contributed by atoms with Crippen molar-refractivity contribution in [1.82, 2.24) is 10.6 Å². The molecule has 2 aromatic rings. The van der Waals surface area contributed by atoms with Gasteiger partial charge in [-0.25, -0.2) is 4.39 Å². The Labute approximate surface area is 212 Å². The highest BCUT2D eigenvalue weighted by molar-refractivity contribution is 6.30. The van der Waals surface area contributed by atoms with Crippen LogP contribution in [0, 0.1) is 11.7 Å². The van der Waals surface area contributed by atoms with Crippen LogP contribution in [0.4, 0.5) is 10.1 Å². The lowest BCUT2D eigenvalue weighted by Crippen LogP contribution is -2.50. The van der Waals surface area contributed by atoms with E-state index in [9.17, 15) is 14.0 Å².